The molecule has 1 N–H and O–H groups in total. The maximum Gasteiger partial charge on any atom is 0.359 e. The van der Waals surface area contributed by atoms with Crippen molar-refractivity contribution < 1.29 is 14.3 Å². The third kappa shape index (κ3) is 5.38. The molecule has 6 nitrogen and oxygen atoms in total. The molecule has 132 valence electrons. The Balaban J connectivity index is 1.87. The van der Waals surface area contributed by atoms with Crippen LogP contribution >= 0.6 is 0 Å². The molecule has 0 fully saturated rings. The smallest absolute Gasteiger partial charge is 0.359 e. The zero-order chi connectivity index (χ0) is 18.2. The third-order valence-electron chi connectivity index (χ3n) is 3.93. The molecule has 0 saturated heterocycles. The van der Waals surface area contributed by atoms with Crippen LogP contribution in [0.1, 0.15) is 47.9 Å². The number of nitrogens with zero attached hydrogens (tertiary/aromatic N) is 2. The number of aromatic nitrogens is 2. The highest BCUT2D eigenvalue weighted by molar-refractivity contribution is 5.90. The Morgan fingerprint density at radius 1 is 1.16 bits per heavy atom. The van der Waals surface area contributed by atoms with E-state index in [0.29, 0.717) is 12.2 Å². The molecule has 0 aliphatic rings. The highest BCUT2D eigenvalue weighted by atomic mass is 16.5. The molecule has 2 rings (SSSR count). The fraction of sp³-hybridized carbons (Fsp3) is 0.368. The molecule has 2 atom stereocenters. The average Bonchev–Trinajstić information content (AvgIpc) is 2.63. The molecule has 1 amide bonds. The average molecular weight is 341 g/mol. The summed E-state index contributed by atoms with van der Waals surface area (Å²) in [6.45, 7) is 5.88. The molecule has 0 aliphatic carbocycles. The Kier molecular flexibility index (Phi) is 6.62. The van der Waals surface area contributed by atoms with Crippen LogP contribution < -0.4 is 5.32 Å². The molecular weight excluding hydrogens is 318 g/mol. The Morgan fingerprint density at radius 3 is 2.48 bits per heavy atom. The monoisotopic (exact) mass is 341 g/mol. The summed E-state index contributed by atoms with van der Waals surface area (Å²) in [5, 5.41) is 2.85. The van der Waals surface area contributed by atoms with Crippen LogP contribution in [0.3, 0.4) is 0 Å². The predicted molar refractivity (Wildman–Crippen MR) is 94.1 cm³/mol. The van der Waals surface area contributed by atoms with Gasteiger partial charge in [-0.05, 0) is 25.8 Å². The van der Waals surface area contributed by atoms with Gasteiger partial charge in [-0.25, -0.2) is 9.78 Å². The largest absolute Gasteiger partial charge is 0.448 e. The molecule has 6 heteroatoms. The lowest BCUT2D eigenvalue weighted by Gasteiger charge is -2.18. The first-order valence-corrected chi connectivity index (χ1v) is 8.33. The topological polar surface area (TPSA) is 81.2 Å². The van der Waals surface area contributed by atoms with Crippen molar-refractivity contribution in [3.8, 4) is 0 Å². The number of rotatable bonds is 7. The zero-order valence-corrected chi connectivity index (χ0v) is 14.7. The molecule has 0 bridgehead atoms. The van der Waals surface area contributed by atoms with Gasteiger partial charge < -0.3 is 10.1 Å². The first kappa shape index (κ1) is 18.6. The zero-order valence-electron chi connectivity index (χ0n) is 14.7. The second-order valence-corrected chi connectivity index (χ2v) is 5.85. The summed E-state index contributed by atoms with van der Waals surface area (Å²) < 4.78 is 5.16. The molecule has 0 unspecified atom stereocenters. The molecule has 1 aromatic heterocycles. The summed E-state index contributed by atoms with van der Waals surface area (Å²) in [6.07, 6.45) is 2.82. The van der Waals surface area contributed by atoms with Gasteiger partial charge in [-0.1, -0.05) is 37.3 Å². The minimum Gasteiger partial charge on any atom is -0.448 e. The number of aryl methyl sites for hydroxylation is 1. The first-order chi connectivity index (χ1) is 12.0. The summed E-state index contributed by atoms with van der Waals surface area (Å²) in [5.41, 5.74) is 1.96. The molecule has 0 aliphatic heterocycles. The summed E-state index contributed by atoms with van der Waals surface area (Å²) in [7, 11) is 0. The highest BCUT2D eigenvalue weighted by Gasteiger charge is 2.21. The fourth-order valence-corrected chi connectivity index (χ4v) is 2.36. The number of benzene rings is 1. The van der Waals surface area contributed by atoms with Crippen molar-refractivity contribution in [1.82, 2.24) is 15.3 Å². The van der Waals surface area contributed by atoms with E-state index in [1.807, 2.05) is 30.3 Å². The molecule has 1 aromatic carbocycles. The van der Waals surface area contributed by atoms with Crippen molar-refractivity contribution in [3.63, 3.8) is 0 Å². The Labute approximate surface area is 147 Å². The lowest BCUT2D eigenvalue weighted by molar-refractivity contribution is -0.129. The minimum absolute atomic E-state index is 0.0842. The fourth-order valence-electron chi connectivity index (χ4n) is 2.36. The van der Waals surface area contributed by atoms with Crippen molar-refractivity contribution >= 4 is 11.9 Å². The van der Waals surface area contributed by atoms with Gasteiger partial charge in [0.2, 0.25) is 0 Å². The Morgan fingerprint density at radius 2 is 1.88 bits per heavy atom. The predicted octanol–water partition coefficient (Wildman–Crippen LogP) is 2.64. The van der Waals surface area contributed by atoms with Gasteiger partial charge in [0.25, 0.3) is 5.91 Å². The van der Waals surface area contributed by atoms with Crippen LogP contribution in [0.15, 0.2) is 42.7 Å². The number of esters is 1. The van der Waals surface area contributed by atoms with Gasteiger partial charge >= 0.3 is 5.97 Å². The summed E-state index contributed by atoms with van der Waals surface area (Å²) in [4.78, 5) is 32.1. The molecule has 0 radical (unpaired) electrons. The Hall–Kier alpha value is -2.76. The Bertz CT molecular complexity index is 702. The van der Waals surface area contributed by atoms with Crippen molar-refractivity contribution in [2.24, 2.45) is 0 Å². The lowest BCUT2D eigenvalue weighted by atomic mass is 9.96. The number of amides is 1. The molecule has 1 heterocycles. The standard InChI is InChI=1S/C19H23N3O3/c1-4-15(16-8-6-5-7-9-16)11-22-18(23)14(3)25-19(24)17-12-20-13(2)10-21-17/h5-10,12,14-15H,4,11H2,1-3H3,(H,22,23)/t14-,15+/m1/s1. The normalized spacial score (nSPS) is 12.9. The summed E-state index contributed by atoms with van der Waals surface area (Å²) >= 11 is 0. The van der Waals surface area contributed by atoms with Crippen LogP contribution in [-0.4, -0.2) is 34.5 Å². The van der Waals surface area contributed by atoms with Gasteiger partial charge in [-0.3, -0.25) is 9.78 Å². The number of carbonyl (C=O) groups is 2. The van der Waals surface area contributed by atoms with Crippen LogP contribution in [0.25, 0.3) is 0 Å². The number of nitrogens with one attached hydrogen (secondary N) is 1. The number of carbonyl (C=O) groups excluding carboxylic acids is 2. The van der Waals surface area contributed by atoms with E-state index in [4.69, 9.17) is 4.74 Å². The van der Waals surface area contributed by atoms with Gasteiger partial charge in [0, 0.05) is 18.7 Å². The molecular formula is C19H23N3O3. The van der Waals surface area contributed by atoms with Gasteiger partial charge in [-0.2, -0.15) is 0 Å². The van der Waals surface area contributed by atoms with Gasteiger partial charge in [0.1, 0.15) is 0 Å². The summed E-state index contributed by atoms with van der Waals surface area (Å²) in [6, 6.07) is 10.0. The first-order valence-electron chi connectivity index (χ1n) is 8.33. The second kappa shape index (κ2) is 8.92. The van der Waals surface area contributed by atoms with E-state index in [9.17, 15) is 9.59 Å². The lowest BCUT2D eigenvalue weighted by Crippen LogP contribution is -2.38. The summed E-state index contributed by atoms with van der Waals surface area (Å²) in [5.74, 6) is -0.774. The van der Waals surface area contributed by atoms with Crippen molar-refractivity contribution in [2.45, 2.75) is 39.2 Å². The van der Waals surface area contributed by atoms with Crippen molar-refractivity contribution in [2.75, 3.05) is 6.54 Å². The van der Waals surface area contributed by atoms with Gasteiger partial charge in [0.05, 0.1) is 11.9 Å². The van der Waals surface area contributed by atoms with E-state index in [-0.39, 0.29) is 17.5 Å². The quantitative estimate of drug-likeness (QED) is 0.783. The van der Waals surface area contributed by atoms with Crippen molar-refractivity contribution in [3.05, 3.63) is 59.7 Å². The van der Waals surface area contributed by atoms with E-state index in [1.165, 1.54) is 18.0 Å². The van der Waals surface area contributed by atoms with Gasteiger partial charge in [0.15, 0.2) is 11.8 Å². The maximum absolute atomic E-state index is 12.2. The van der Waals surface area contributed by atoms with E-state index < -0.39 is 12.1 Å². The number of hydrogen-bond acceptors (Lipinski definition) is 5. The molecule has 0 spiro atoms. The molecule has 0 saturated carbocycles. The SMILES string of the molecule is CC[C@@H](CNC(=O)[C@@H](C)OC(=O)c1cnc(C)cn1)c1ccccc1. The van der Waals surface area contributed by atoms with E-state index >= 15 is 0 Å². The minimum atomic E-state index is -0.899. The maximum atomic E-state index is 12.2. The van der Waals surface area contributed by atoms with Crippen LogP contribution in [-0.2, 0) is 9.53 Å². The van der Waals surface area contributed by atoms with Crippen LogP contribution in [0, 0.1) is 6.92 Å². The highest BCUT2D eigenvalue weighted by Crippen LogP contribution is 2.18. The van der Waals surface area contributed by atoms with Crippen LogP contribution in [0.4, 0.5) is 0 Å². The van der Waals surface area contributed by atoms with Crippen LogP contribution in [0.2, 0.25) is 0 Å². The van der Waals surface area contributed by atoms with E-state index in [0.717, 1.165) is 6.42 Å². The number of hydrogen-bond donors (Lipinski definition) is 1. The van der Waals surface area contributed by atoms with E-state index in [1.54, 1.807) is 13.8 Å². The van der Waals surface area contributed by atoms with Crippen LogP contribution in [0.5, 0.6) is 0 Å². The van der Waals surface area contributed by atoms with E-state index in [2.05, 4.69) is 22.2 Å². The van der Waals surface area contributed by atoms with Crippen molar-refractivity contribution in [1.29, 1.82) is 0 Å². The third-order valence-corrected chi connectivity index (χ3v) is 3.93. The van der Waals surface area contributed by atoms with Gasteiger partial charge in [-0.15, -0.1) is 0 Å². The molecule has 25 heavy (non-hydrogen) atoms. The number of ether oxygens (including phenoxy) is 1. The second-order valence-electron chi connectivity index (χ2n) is 5.85. The molecule has 2 aromatic rings.